The number of nitrogens with zero attached hydrogens (tertiary/aromatic N) is 5. The van der Waals surface area contributed by atoms with Crippen molar-refractivity contribution in [1.29, 1.82) is 0 Å². The molecular weight excluding hydrogens is 492 g/mol. The molecule has 2 aromatic carbocycles. The third-order valence-electron chi connectivity index (χ3n) is 6.14. The number of rotatable bonds is 6. The van der Waals surface area contributed by atoms with E-state index in [1.165, 1.54) is 12.4 Å². The van der Waals surface area contributed by atoms with Crippen molar-refractivity contribution < 1.29 is 9.66 Å². The number of fused-ring (bicyclic) bond motifs is 1. The Morgan fingerprint density at radius 1 is 1.22 bits per heavy atom. The fourth-order valence-corrected chi connectivity index (χ4v) is 4.40. The molecule has 0 aliphatic carbocycles. The van der Waals surface area contributed by atoms with Crippen LogP contribution in [0.4, 0.5) is 17.2 Å². The normalized spacial score (nSPS) is 15.2. The van der Waals surface area contributed by atoms with E-state index in [9.17, 15) is 10.1 Å². The van der Waals surface area contributed by atoms with Crippen molar-refractivity contribution in [2.75, 3.05) is 18.9 Å². The number of nitro groups is 1. The highest BCUT2D eigenvalue weighted by molar-refractivity contribution is 6.32. The zero-order chi connectivity index (χ0) is 25.8. The second-order valence-electron chi connectivity index (χ2n) is 8.65. The number of benzene rings is 2. The molecule has 3 heterocycles. The Hall–Kier alpha value is -4.26. The number of halogens is 1. The molecule has 0 radical (unpaired) electrons. The smallest absolute Gasteiger partial charge is 0.285 e. The van der Waals surface area contributed by atoms with Gasteiger partial charge in [0, 0.05) is 23.3 Å². The Labute approximate surface area is 218 Å². The van der Waals surface area contributed by atoms with Gasteiger partial charge in [-0.15, -0.1) is 0 Å². The number of anilines is 2. The molecule has 9 nitrogen and oxygen atoms in total. The van der Waals surface area contributed by atoms with Crippen molar-refractivity contribution in [1.82, 2.24) is 19.9 Å². The molecule has 4 aromatic rings. The largest absolute Gasteiger partial charge is 0.486 e. The van der Waals surface area contributed by atoms with Crippen LogP contribution in [0.2, 0.25) is 5.02 Å². The van der Waals surface area contributed by atoms with Crippen molar-refractivity contribution in [2.24, 2.45) is 0 Å². The van der Waals surface area contributed by atoms with Crippen LogP contribution in [0.15, 0.2) is 61.1 Å². The SMILES string of the molecule is CN1CCCC1C#Cc1cc2ncnc(Nc3ccc(OCc4ccccn4)c(Cl)c3)c2cc1[N+](=O)[O-]. The first kappa shape index (κ1) is 24.4. The second-order valence-corrected chi connectivity index (χ2v) is 9.06. The van der Waals surface area contributed by atoms with E-state index >= 15 is 0 Å². The third-order valence-corrected chi connectivity index (χ3v) is 6.44. The van der Waals surface area contributed by atoms with Crippen LogP contribution >= 0.6 is 11.6 Å². The standard InChI is InChI=1S/C27H23ClN6O3/c1-33-12-4-6-21(33)9-7-18-13-24-22(15-25(18)34(35)36)27(31-17-30-24)32-19-8-10-26(23(28)14-19)37-16-20-5-2-3-11-29-20/h2-3,5,8,10-11,13-15,17,21H,4,6,12,16H2,1H3,(H,30,31,32). The molecule has 37 heavy (non-hydrogen) atoms. The minimum atomic E-state index is -0.427. The quantitative estimate of drug-likeness (QED) is 0.208. The van der Waals surface area contributed by atoms with Crippen LogP contribution in [0.3, 0.4) is 0 Å². The molecular formula is C27H23ClN6O3. The Balaban J connectivity index is 1.40. The molecule has 1 atom stereocenters. The summed E-state index contributed by atoms with van der Waals surface area (Å²) in [5.41, 5.74) is 2.23. The summed E-state index contributed by atoms with van der Waals surface area (Å²) in [4.78, 5) is 26.5. The van der Waals surface area contributed by atoms with Crippen LogP contribution in [0, 0.1) is 22.0 Å². The van der Waals surface area contributed by atoms with Gasteiger partial charge in [0.15, 0.2) is 0 Å². The lowest BCUT2D eigenvalue weighted by Gasteiger charge is -2.12. The lowest BCUT2D eigenvalue weighted by atomic mass is 10.1. The monoisotopic (exact) mass is 514 g/mol. The van der Waals surface area contributed by atoms with Crippen LogP contribution in [-0.4, -0.2) is 44.4 Å². The van der Waals surface area contributed by atoms with E-state index in [0.29, 0.717) is 38.7 Å². The van der Waals surface area contributed by atoms with Gasteiger partial charge in [0.2, 0.25) is 0 Å². The summed E-state index contributed by atoms with van der Waals surface area (Å²) >= 11 is 6.44. The molecule has 1 N–H and O–H groups in total. The molecule has 1 aliphatic rings. The van der Waals surface area contributed by atoms with Crippen molar-refractivity contribution in [3.8, 4) is 17.6 Å². The van der Waals surface area contributed by atoms with Gasteiger partial charge in [0.25, 0.3) is 5.69 Å². The highest BCUT2D eigenvalue weighted by atomic mass is 35.5. The van der Waals surface area contributed by atoms with E-state index in [1.807, 2.05) is 25.2 Å². The minimum absolute atomic E-state index is 0.0881. The molecule has 0 spiro atoms. The van der Waals surface area contributed by atoms with Gasteiger partial charge in [-0.05, 0) is 62.8 Å². The summed E-state index contributed by atoms with van der Waals surface area (Å²) in [6, 6.07) is 14.0. The van der Waals surface area contributed by atoms with Gasteiger partial charge in [0.05, 0.1) is 27.2 Å². The van der Waals surface area contributed by atoms with Crippen molar-refractivity contribution in [2.45, 2.75) is 25.5 Å². The van der Waals surface area contributed by atoms with Crippen LogP contribution in [0.1, 0.15) is 24.1 Å². The lowest BCUT2D eigenvalue weighted by molar-refractivity contribution is -0.385. The first-order valence-electron chi connectivity index (χ1n) is 11.7. The lowest BCUT2D eigenvalue weighted by Crippen LogP contribution is -2.22. The molecule has 186 valence electrons. The third kappa shape index (κ3) is 5.61. The number of hydrogen-bond donors (Lipinski definition) is 1. The summed E-state index contributed by atoms with van der Waals surface area (Å²) in [6.45, 7) is 1.26. The first-order chi connectivity index (χ1) is 18.0. The molecule has 1 fully saturated rings. The van der Waals surface area contributed by atoms with E-state index in [2.05, 4.69) is 37.0 Å². The summed E-state index contributed by atoms with van der Waals surface area (Å²) in [5, 5.41) is 16.0. The molecule has 1 unspecified atom stereocenters. The predicted molar refractivity (Wildman–Crippen MR) is 142 cm³/mol. The summed E-state index contributed by atoms with van der Waals surface area (Å²) in [6.07, 6.45) is 5.13. The molecule has 10 heteroatoms. The van der Waals surface area contributed by atoms with Gasteiger partial charge in [-0.1, -0.05) is 29.5 Å². The average Bonchev–Trinajstić information content (AvgIpc) is 3.31. The molecule has 0 amide bonds. The van der Waals surface area contributed by atoms with Gasteiger partial charge in [-0.3, -0.25) is 20.0 Å². The molecule has 1 saturated heterocycles. The fraction of sp³-hybridized carbons (Fsp3) is 0.222. The van der Waals surface area contributed by atoms with E-state index in [4.69, 9.17) is 16.3 Å². The van der Waals surface area contributed by atoms with Gasteiger partial charge in [-0.2, -0.15) is 0 Å². The van der Waals surface area contributed by atoms with Crippen LogP contribution in [-0.2, 0) is 6.61 Å². The maximum Gasteiger partial charge on any atom is 0.285 e. The average molecular weight is 515 g/mol. The Kier molecular flexibility index (Phi) is 7.12. The number of likely N-dealkylation sites (tertiary alicyclic amines) is 1. The maximum absolute atomic E-state index is 11.9. The van der Waals surface area contributed by atoms with Crippen molar-refractivity contribution in [3.05, 3.63) is 87.4 Å². The van der Waals surface area contributed by atoms with Gasteiger partial charge in [-0.25, -0.2) is 9.97 Å². The molecule has 0 saturated carbocycles. The van der Waals surface area contributed by atoms with E-state index in [1.54, 1.807) is 30.5 Å². The van der Waals surface area contributed by atoms with Crippen LogP contribution in [0.5, 0.6) is 5.75 Å². The van der Waals surface area contributed by atoms with Gasteiger partial charge in [0.1, 0.15) is 30.1 Å². The zero-order valence-corrected chi connectivity index (χ0v) is 20.8. The van der Waals surface area contributed by atoms with Crippen LogP contribution < -0.4 is 10.1 Å². The maximum atomic E-state index is 11.9. The number of nitro benzene ring substituents is 1. The molecule has 0 bridgehead atoms. The van der Waals surface area contributed by atoms with Crippen molar-refractivity contribution in [3.63, 3.8) is 0 Å². The number of pyridine rings is 1. The number of aromatic nitrogens is 3. The number of ether oxygens (including phenoxy) is 1. The summed E-state index contributed by atoms with van der Waals surface area (Å²) in [7, 11) is 2.01. The zero-order valence-electron chi connectivity index (χ0n) is 20.0. The molecule has 2 aromatic heterocycles. The fourth-order valence-electron chi connectivity index (χ4n) is 4.16. The predicted octanol–water partition coefficient (Wildman–Crippen LogP) is 5.35. The number of hydrogen-bond acceptors (Lipinski definition) is 8. The highest BCUT2D eigenvalue weighted by Crippen LogP contribution is 2.33. The van der Waals surface area contributed by atoms with E-state index in [0.717, 1.165) is 25.1 Å². The first-order valence-corrected chi connectivity index (χ1v) is 12.1. The number of nitrogens with one attached hydrogen (secondary N) is 1. The Morgan fingerprint density at radius 3 is 2.84 bits per heavy atom. The second kappa shape index (κ2) is 10.8. The minimum Gasteiger partial charge on any atom is -0.486 e. The van der Waals surface area contributed by atoms with Gasteiger partial charge < -0.3 is 10.1 Å². The Bertz CT molecular complexity index is 1520. The van der Waals surface area contributed by atoms with Crippen LogP contribution in [0.25, 0.3) is 10.9 Å². The van der Waals surface area contributed by atoms with E-state index < -0.39 is 4.92 Å². The summed E-state index contributed by atoms with van der Waals surface area (Å²) in [5.74, 6) is 7.12. The highest BCUT2D eigenvalue weighted by Gasteiger charge is 2.20. The molecule has 1 aliphatic heterocycles. The molecule has 5 rings (SSSR count). The Morgan fingerprint density at radius 2 is 2.11 bits per heavy atom. The van der Waals surface area contributed by atoms with E-state index in [-0.39, 0.29) is 18.3 Å². The van der Waals surface area contributed by atoms with Crippen molar-refractivity contribution >= 4 is 39.7 Å². The summed E-state index contributed by atoms with van der Waals surface area (Å²) < 4.78 is 5.78. The van der Waals surface area contributed by atoms with Gasteiger partial charge >= 0.3 is 0 Å². The topological polar surface area (TPSA) is 106 Å².